The van der Waals surface area contributed by atoms with Gasteiger partial charge in [-0.25, -0.2) is 4.98 Å². The summed E-state index contributed by atoms with van der Waals surface area (Å²) < 4.78 is 0. The number of nitrogens with zero attached hydrogens (tertiary/aromatic N) is 1. The number of hydrogen-bond donors (Lipinski definition) is 7. The van der Waals surface area contributed by atoms with Crippen molar-refractivity contribution in [3.05, 3.63) is 54.2 Å². The molecule has 0 fully saturated rings. The Morgan fingerprint density at radius 2 is 1.43 bits per heavy atom. The van der Waals surface area contributed by atoms with Crippen molar-refractivity contribution in [1.82, 2.24) is 36.2 Å². The number of hydrogen-bond acceptors (Lipinski definition) is 6. The molecule has 256 valence electrons. The summed E-state index contributed by atoms with van der Waals surface area (Å²) in [5.74, 6) is -3.55. The lowest BCUT2D eigenvalue weighted by Gasteiger charge is -2.25. The number of carboxylic acids is 1. The number of carbonyl (C=O) groups excluding carboxylic acids is 4. The molecule has 47 heavy (non-hydrogen) atoms. The van der Waals surface area contributed by atoms with Crippen LogP contribution in [0.25, 0.3) is 10.9 Å². The van der Waals surface area contributed by atoms with E-state index in [4.69, 9.17) is 0 Å². The highest BCUT2D eigenvalue weighted by molar-refractivity contribution is 5.96. The number of aromatic amines is 2. The fourth-order valence-corrected chi connectivity index (χ4v) is 5.37. The van der Waals surface area contributed by atoms with Crippen LogP contribution in [0.2, 0.25) is 0 Å². The van der Waals surface area contributed by atoms with Gasteiger partial charge in [0.05, 0.1) is 18.4 Å². The summed E-state index contributed by atoms with van der Waals surface area (Å²) in [6, 6.07) is 3.74. The molecule has 2 aromatic heterocycles. The molecule has 0 aliphatic rings. The molecule has 0 saturated heterocycles. The SMILES string of the molecule is CCCCCCCCCC(=O)NC(Cc1c[nH]c2ccccc12)C(=O)NC(Cc1c[nH]cn1)C(=O)NC(CC(=O)O)C(=O)NC(C)C. The summed E-state index contributed by atoms with van der Waals surface area (Å²) in [5, 5.41) is 21.0. The van der Waals surface area contributed by atoms with Crippen molar-refractivity contribution in [2.45, 2.75) is 116 Å². The second-order valence-corrected chi connectivity index (χ2v) is 12.2. The van der Waals surface area contributed by atoms with Crippen LogP contribution < -0.4 is 21.3 Å². The quantitative estimate of drug-likeness (QED) is 0.0858. The lowest BCUT2D eigenvalue weighted by molar-refractivity contribution is -0.141. The standard InChI is InChI=1S/C34H49N7O6/c1-4-5-6-7-8-9-10-15-30(42)39-27(16-23-19-36-26-14-12-11-13-25(23)26)33(46)40-28(17-24-20-35-21-37-24)34(47)41-29(18-31(43)44)32(45)38-22(2)3/h11-14,19-22,27-29,36H,4-10,15-18H2,1-3H3,(H,35,37)(H,38,45)(H,39,42)(H,40,46)(H,41,47)(H,43,44). The Kier molecular flexibility index (Phi) is 14.9. The highest BCUT2D eigenvalue weighted by Crippen LogP contribution is 2.19. The molecule has 1 aromatic carbocycles. The molecule has 0 radical (unpaired) electrons. The fourth-order valence-electron chi connectivity index (χ4n) is 5.37. The summed E-state index contributed by atoms with van der Waals surface area (Å²) in [5.41, 5.74) is 2.16. The number of aromatic nitrogens is 3. The van der Waals surface area contributed by atoms with Crippen molar-refractivity contribution in [3.63, 3.8) is 0 Å². The third kappa shape index (κ3) is 12.6. The third-order valence-electron chi connectivity index (χ3n) is 7.80. The van der Waals surface area contributed by atoms with Crippen molar-refractivity contribution in [3.8, 4) is 0 Å². The smallest absolute Gasteiger partial charge is 0.305 e. The molecule has 3 aromatic rings. The molecule has 0 saturated carbocycles. The van der Waals surface area contributed by atoms with Gasteiger partial charge in [-0.1, -0.05) is 63.6 Å². The molecule has 0 aliphatic carbocycles. The Morgan fingerprint density at radius 3 is 2.09 bits per heavy atom. The summed E-state index contributed by atoms with van der Waals surface area (Å²) in [6.45, 7) is 5.60. The number of nitrogens with one attached hydrogen (secondary N) is 6. The maximum absolute atomic E-state index is 13.9. The number of unbranched alkanes of at least 4 members (excludes halogenated alkanes) is 6. The van der Waals surface area contributed by atoms with E-state index in [1.54, 1.807) is 26.2 Å². The van der Waals surface area contributed by atoms with Crippen molar-refractivity contribution < 1.29 is 29.1 Å². The van der Waals surface area contributed by atoms with Gasteiger partial charge >= 0.3 is 5.97 Å². The number of para-hydroxylation sites is 1. The van der Waals surface area contributed by atoms with Gasteiger partial charge in [-0.2, -0.15) is 0 Å². The highest BCUT2D eigenvalue weighted by atomic mass is 16.4. The van der Waals surface area contributed by atoms with Gasteiger partial charge < -0.3 is 36.3 Å². The number of fused-ring (bicyclic) bond motifs is 1. The average Bonchev–Trinajstić information content (AvgIpc) is 3.69. The molecular formula is C34H49N7O6. The first-order valence-corrected chi connectivity index (χ1v) is 16.5. The molecule has 3 unspecified atom stereocenters. The van der Waals surface area contributed by atoms with Crippen molar-refractivity contribution >= 4 is 40.5 Å². The third-order valence-corrected chi connectivity index (χ3v) is 7.80. The van der Waals surface area contributed by atoms with Gasteiger partial charge in [-0.15, -0.1) is 0 Å². The minimum atomic E-state index is -1.37. The summed E-state index contributed by atoms with van der Waals surface area (Å²) in [6.07, 6.45) is 11.9. The van der Waals surface area contributed by atoms with Crippen LogP contribution in [-0.4, -0.2) is 73.8 Å². The largest absolute Gasteiger partial charge is 0.481 e. The van der Waals surface area contributed by atoms with E-state index in [1.165, 1.54) is 25.6 Å². The zero-order chi connectivity index (χ0) is 34.2. The summed E-state index contributed by atoms with van der Waals surface area (Å²) in [4.78, 5) is 74.9. The Balaban J connectivity index is 1.78. The molecule has 7 N–H and O–H groups in total. The summed E-state index contributed by atoms with van der Waals surface area (Å²) >= 11 is 0. The molecule has 4 amide bonds. The van der Waals surface area contributed by atoms with E-state index in [0.717, 1.165) is 35.7 Å². The maximum atomic E-state index is 13.9. The first-order valence-electron chi connectivity index (χ1n) is 16.5. The van der Waals surface area contributed by atoms with Crippen LogP contribution in [0.3, 0.4) is 0 Å². The molecule has 13 nitrogen and oxygen atoms in total. The molecule has 0 aliphatic heterocycles. The van der Waals surface area contributed by atoms with Crippen molar-refractivity contribution in [2.75, 3.05) is 0 Å². The molecule has 0 spiro atoms. The van der Waals surface area contributed by atoms with Crippen LogP contribution in [0, 0.1) is 0 Å². The fraction of sp³-hybridized carbons (Fsp3) is 0.529. The molecule has 0 bridgehead atoms. The normalized spacial score (nSPS) is 13.1. The maximum Gasteiger partial charge on any atom is 0.305 e. The van der Waals surface area contributed by atoms with Gasteiger partial charge in [0.2, 0.25) is 23.6 Å². The van der Waals surface area contributed by atoms with E-state index < -0.39 is 48.2 Å². The number of H-pyrrole nitrogens is 2. The van der Waals surface area contributed by atoms with Crippen molar-refractivity contribution in [1.29, 1.82) is 0 Å². The lowest BCUT2D eigenvalue weighted by Crippen LogP contribution is -2.58. The second kappa shape index (κ2) is 19.1. The zero-order valence-corrected chi connectivity index (χ0v) is 27.6. The van der Waals surface area contributed by atoms with Gasteiger partial charge in [-0.05, 0) is 31.9 Å². The number of carbonyl (C=O) groups is 5. The predicted molar refractivity (Wildman–Crippen MR) is 178 cm³/mol. The van der Waals surface area contributed by atoms with E-state index in [1.807, 2.05) is 24.3 Å². The zero-order valence-electron chi connectivity index (χ0n) is 27.6. The minimum absolute atomic E-state index is 0.0432. The Morgan fingerprint density at radius 1 is 0.787 bits per heavy atom. The number of rotatable bonds is 21. The summed E-state index contributed by atoms with van der Waals surface area (Å²) in [7, 11) is 0. The van der Waals surface area contributed by atoms with Crippen LogP contribution in [0.4, 0.5) is 0 Å². The van der Waals surface area contributed by atoms with Crippen LogP contribution in [0.1, 0.15) is 89.8 Å². The van der Waals surface area contributed by atoms with Gasteiger partial charge in [0, 0.05) is 48.6 Å². The van der Waals surface area contributed by atoms with Crippen LogP contribution in [-0.2, 0) is 36.8 Å². The first-order chi connectivity index (χ1) is 22.6. The van der Waals surface area contributed by atoms with Gasteiger partial charge in [-0.3, -0.25) is 24.0 Å². The number of aliphatic carboxylic acids is 1. The predicted octanol–water partition coefficient (Wildman–Crippen LogP) is 3.27. The topological polar surface area (TPSA) is 198 Å². The number of carboxylic acid groups (broad SMARTS) is 1. The average molecular weight is 652 g/mol. The monoisotopic (exact) mass is 651 g/mol. The van der Waals surface area contributed by atoms with Crippen LogP contribution >= 0.6 is 0 Å². The number of amides is 4. The number of imidazole rings is 1. The Bertz CT molecular complexity index is 1450. The second-order valence-electron chi connectivity index (χ2n) is 12.2. The first kappa shape index (κ1) is 36.8. The molecular weight excluding hydrogens is 602 g/mol. The van der Waals surface area contributed by atoms with Crippen LogP contribution in [0.15, 0.2) is 43.0 Å². The van der Waals surface area contributed by atoms with Crippen LogP contribution in [0.5, 0.6) is 0 Å². The van der Waals surface area contributed by atoms with E-state index in [-0.39, 0.29) is 31.2 Å². The Labute approximate surface area is 275 Å². The molecule has 2 heterocycles. The van der Waals surface area contributed by atoms with E-state index in [2.05, 4.69) is 43.1 Å². The number of benzene rings is 1. The van der Waals surface area contributed by atoms with Crippen molar-refractivity contribution in [2.24, 2.45) is 0 Å². The van der Waals surface area contributed by atoms with E-state index >= 15 is 0 Å². The lowest BCUT2D eigenvalue weighted by atomic mass is 10.0. The van der Waals surface area contributed by atoms with E-state index in [0.29, 0.717) is 12.1 Å². The van der Waals surface area contributed by atoms with Gasteiger partial charge in [0.1, 0.15) is 18.1 Å². The Hall–Kier alpha value is -4.68. The minimum Gasteiger partial charge on any atom is -0.481 e. The van der Waals surface area contributed by atoms with Gasteiger partial charge in [0.15, 0.2) is 0 Å². The molecule has 13 heteroatoms. The van der Waals surface area contributed by atoms with Gasteiger partial charge in [0.25, 0.3) is 0 Å². The van der Waals surface area contributed by atoms with E-state index in [9.17, 15) is 29.1 Å². The molecule has 3 atom stereocenters. The highest BCUT2D eigenvalue weighted by Gasteiger charge is 2.32. The molecule has 3 rings (SSSR count).